The molecule has 1 N–H and O–H groups in total. The first-order valence-electron chi connectivity index (χ1n) is 3.76. The van der Waals surface area contributed by atoms with Crippen LogP contribution in [0.3, 0.4) is 0 Å². The molecule has 2 heteroatoms. The first kappa shape index (κ1) is 6.92. The first-order chi connectivity index (χ1) is 5.29. The van der Waals surface area contributed by atoms with Gasteiger partial charge in [0.15, 0.2) is 0 Å². The van der Waals surface area contributed by atoms with E-state index in [4.69, 9.17) is 0 Å². The fourth-order valence-corrected chi connectivity index (χ4v) is 2.45. The second-order valence-corrected chi connectivity index (χ2v) is 3.81. The fourth-order valence-electron chi connectivity index (χ4n) is 1.39. The molecule has 2 rings (SSSR count). The van der Waals surface area contributed by atoms with Gasteiger partial charge in [-0.15, -0.1) is 11.3 Å². The van der Waals surface area contributed by atoms with E-state index in [0.717, 1.165) is 6.54 Å². The molecule has 1 aromatic rings. The Morgan fingerprint density at radius 3 is 3.00 bits per heavy atom. The maximum Gasteiger partial charge on any atom is 0.0412 e. The minimum atomic E-state index is 1.00. The number of thiophene rings is 1. The lowest BCUT2D eigenvalue weighted by molar-refractivity contribution is 0.851. The van der Waals surface area contributed by atoms with Crippen molar-refractivity contribution in [2.24, 2.45) is 0 Å². The lowest BCUT2D eigenvalue weighted by atomic mass is 10.1. The maximum absolute atomic E-state index is 3.26. The highest BCUT2D eigenvalue weighted by molar-refractivity contribution is 7.11. The molecule has 0 unspecified atom stereocenters. The van der Waals surface area contributed by atoms with Crippen LogP contribution >= 0.6 is 11.3 Å². The molecule has 0 radical (unpaired) electrons. The molecular formula is C9H11NS. The second kappa shape index (κ2) is 2.38. The Morgan fingerprint density at radius 1 is 1.45 bits per heavy atom. The van der Waals surface area contributed by atoms with E-state index in [1.807, 2.05) is 11.3 Å². The summed E-state index contributed by atoms with van der Waals surface area (Å²) in [6, 6.07) is 0. The summed E-state index contributed by atoms with van der Waals surface area (Å²) in [7, 11) is 0. The van der Waals surface area contributed by atoms with Gasteiger partial charge in [0.1, 0.15) is 0 Å². The molecule has 0 saturated heterocycles. The van der Waals surface area contributed by atoms with Crippen molar-refractivity contribution < 1.29 is 0 Å². The van der Waals surface area contributed by atoms with E-state index < -0.39 is 0 Å². The third kappa shape index (κ3) is 0.979. The van der Waals surface area contributed by atoms with Crippen molar-refractivity contribution in [3.8, 4) is 0 Å². The van der Waals surface area contributed by atoms with Crippen molar-refractivity contribution in [2.45, 2.75) is 20.4 Å². The summed E-state index contributed by atoms with van der Waals surface area (Å²) in [6.07, 6.45) is 2.10. The Balaban J connectivity index is 2.58. The number of allylic oxidation sites excluding steroid dienone is 1. The molecule has 0 saturated carbocycles. The van der Waals surface area contributed by atoms with Gasteiger partial charge >= 0.3 is 0 Å². The number of rotatable bonds is 0. The summed E-state index contributed by atoms with van der Waals surface area (Å²) in [6.45, 7) is 5.33. The Hall–Kier alpha value is -0.760. The van der Waals surface area contributed by atoms with Crippen molar-refractivity contribution >= 4 is 16.9 Å². The minimum absolute atomic E-state index is 1.00. The number of hydrogen-bond acceptors (Lipinski definition) is 2. The van der Waals surface area contributed by atoms with Crippen LogP contribution in [0.25, 0.3) is 5.57 Å². The van der Waals surface area contributed by atoms with Gasteiger partial charge < -0.3 is 5.32 Å². The van der Waals surface area contributed by atoms with E-state index in [2.05, 4.69) is 30.7 Å². The third-order valence-electron chi connectivity index (χ3n) is 2.06. The summed E-state index contributed by atoms with van der Waals surface area (Å²) in [5.41, 5.74) is 4.27. The van der Waals surface area contributed by atoms with Crippen LogP contribution in [0.5, 0.6) is 0 Å². The van der Waals surface area contributed by atoms with E-state index in [0.29, 0.717) is 0 Å². The van der Waals surface area contributed by atoms with Gasteiger partial charge in [-0.05, 0) is 35.9 Å². The van der Waals surface area contributed by atoms with Gasteiger partial charge in [0.25, 0.3) is 0 Å². The minimum Gasteiger partial charge on any atom is -0.386 e. The standard InChI is InChI=1S/C9H11NS/c1-6-3-10-4-8-7(2)5-11-9(6)8/h3,5,10H,4H2,1-2H3. The summed E-state index contributed by atoms with van der Waals surface area (Å²) in [5, 5.41) is 5.49. The molecule has 0 atom stereocenters. The van der Waals surface area contributed by atoms with Crippen LogP contribution in [0, 0.1) is 6.92 Å². The Bertz CT molecular complexity index is 309. The number of hydrogen-bond donors (Lipinski definition) is 1. The van der Waals surface area contributed by atoms with Gasteiger partial charge in [0.2, 0.25) is 0 Å². The molecule has 58 valence electrons. The van der Waals surface area contributed by atoms with Crippen LogP contribution in [0.4, 0.5) is 0 Å². The molecule has 0 aromatic carbocycles. The molecule has 0 aliphatic carbocycles. The SMILES string of the molecule is CC1=CNCc2c(C)csc21. The van der Waals surface area contributed by atoms with E-state index in [1.54, 1.807) is 0 Å². The zero-order valence-corrected chi connectivity index (χ0v) is 7.59. The molecule has 1 nitrogen and oxygen atoms in total. The smallest absolute Gasteiger partial charge is 0.0412 e. The highest BCUT2D eigenvalue weighted by Gasteiger charge is 2.12. The lowest BCUT2D eigenvalue weighted by Crippen LogP contribution is -2.11. The van der Waals surface area contributed by atoms with Crippen LogP contribution in [0.2, 0.25) is 0 Å². The van der Waals surface area contributed by atoms with E-state index in [-0.39, 0.29) is 0 Å². The van der Waals surface area contributed by atoms with Gasteiger partial charge in [-0.3, -0.25) is 0 Å². The van der Waals surface area contributed by atoms with E-state index in [1.165, 1.54) is 21.6 Å². The molecule has 0 bridgehead atoms. The highest BCUT2D eigenvalue weighted by atomic mass is 32.1. The van der Waals surface area contributed by atoms with Crippen molar-refractivity contribution in [1.29, 1.82) is 0 Å². The quantitative estimate of drug-likeness (QED) is 0.623. The zero-order valence-electron chi connectivity index (χ0n) is 6.77. The fraction of sp³-hybridized carbons (Fsp3) is 0.333. The first-order valence-corrected chi connectivity index (χ1v) is 4.64. The lowest BCUT2D eigenvalue weighted by Gasteiger charge is -2.12. The molecule has 0 amide bonds. The molecule has 0 fully saturated rings. The molecular weight excluding hydrogens is 154 g/mol. The topological polar surface area (TPSA) is 12.0 Å². The summed E-state index contributed by atoms with van der Waals surface area (Å²) >= 11 is 1.85. The Kier molecular flexibility index (Phi) is 1.50. The zero-order chi connectivity index (χ0) is 7.84. The van der Waals surface area contributed by atoms with Gasteiger partial charge in [-0.1, -0.05) is 0 Å². The molecule has 1 aromatic heterocycles. The van der Waals surface area contributed by atoms with Crippen molar-refractivity contribution in [3.63, 3.8) is 0 Å². The van der Waals surface area contributed by atoms with Crippen molar-refractivity contribution in [1.82, 2.24) is 5.32 Å². The average Bonchev–Trinajstić information content (AvgIpc) is 2.35. The van der Waals surface area contributed by atoms with Gasteiger partial charge in [-0.25, -0.2) is 0 Å². The highest BCUT2D eigenvalue weighted by Crippen LogP contribution is 2.30. The summed E-state index contributed by atoms with van der Waals surface area (Å²) in [5.74, 6) is 0. The normalized spacial score (nSPS) is 15.3. The Labute approximate surface area is 70.8 Å². The largest absolute Gasteiger partial charge is 0.386 e. The Morgan fingerprint density at radius 2 is 2.27 bits per heavy atom. The van der Waals surface area contributed by atoms with Crippen LogP contribution < -0.4 is 5.32 Å². The van der Waals surface area contributed by atoms with Gasteiger partial charge in [0, 0.05) is 17.6 Å². The van der Waals surface area contributed by atoms with Gasteiger partial charge in [-0.2, -0.15) is 0 Å². The van der Waals surface area contributed by atoms with Crippen molar-refractivity contribution in [2.75, 3.05) is 0 Å². The van der Waals surface area contributed by atoms with E-state index in [9.17, 15) is 0 Å². The summed E-state index contributed by atoms with van der Waals surface area (Å²) < 4.78 is 0. The van der Waals surface area contributed by atoms with Crippen LogP contribution in [0.15, 0.2) is 11.6 Å². The van der Waals surface area contributed by atoms with Gasteiger partial charge in [0.05, 0.1) is 0 Å². The number of aryl methyl sites for hydroxylation is 1. The maximum atomic E-state index is 3.26. The van der Waals surface area contributed by atoms with Crippen LogP contribution in [-0.2, 0) is 6.54 Å². The average molecular weight is 165 g/mol. The molecule has 11 heavy (non-hydrogen) atoms. The molecule has 1 aliphatic rings. The molecule has 2 heterocycles. The van der Waals surface area contributed by atoms with Crippen LogP contribution in [-0.4, -0.2) is 0 Å². The number of nitrogens with one attached hydrogen (secondary N) is 1. The predicted octanol–water partition coefficient (Wildman–Crippen LogP) is 2.52. The number of fused-ring (bicyclic) bond motifs is 1. The molecule has 1 aliphatic heterocycles. The molecule has 0 spiro atoms. The second-order valence-electron chi connectivity index (χ2n) is 2.93. The summed E-state index contributed by atoms with van der Waals surface area (Å²) in [4.78, 5) is 1.46. The predicted molar refractivity (Wildman–Crippen MR) is 49.5 cm³/mol. The van der Waals surface area contributed by atoms with Crippen molar-refractivity contribution in [3.05, 3.63) is 27.6 Å². The third-order valence-corrected chi connectivity index (χ3v) is 3.33. The van der Waals surface area contributed by atoms with E-state index >= 15 is 0 Å². The van der Waals surface area contributed by atoms with Crippen LogP contribution in [0.1, 0.15) is 22.9 Å². The monoisotopic (exact) mass is 165 g/mol.